The Bertz CT molecular complexity index is 2000. The van der Waals surface area contributed by atoms with E-state index < -0.39 is 12.1 Å². The molecule has 4 atom stereocenters. The van der Waals surface area contributed by atoms with Gasteiger partial charge in [-0.2, -0.15) is 0 Å². The molecule has 1 saturated carbocycles. The van der Waals surface area contributed by atoms with Crippen LogP contribution in [0.4, 0.5) is 4.79 Å². The van der Waals surface area contributed by atoms with Crippen molar-refractivity contribution in [2.75, 3.05) is 33.3 Å². The largest absolute Gasteiger partial charge is 0.453 e. The van der Waals surface area contributed by atoms with E-state index in [0.717, 1.165) is 112 Å². The molecule has 3 N–H and O–H groups in total. The van der Waals surface area contributed by atoms with Crippen molar-refractivity contribution in [1.82, 2.24) is 40.0 Å². The van der Waals surface area contributed by atoms with Gasteiger partial charge in [-0.15, -0.1) is 0 Å². The molecule has 0 bridgehead atoms. The molecule has 0 radical (unpaired) electrons. The fraction of sp³-hybridized carbons (Fsp3) is 0.543. The number of alkyl carbamates (subject to hydrolysis) is 1. The number of hydrogen-bond donors (Lipinski definition) is 3. The number of aromatic nitrogens is 4. The monoisotopic (exact) mass is 788 g/mol. The summed E-state index contributed by atoms with van der Waals surface area (Å²) in [6, 6.07) is 18.1. The number of aromatic amines is 2. The highest BCUT2D eigenvalue weighted by Gasteiger charge is 2.40. The number of ether oxygens (including phenoxy) is 1. The van der Waals surface area contributed by atoms with Crippen LogP contribution in [-0.2, 0) is 14.3 Å². The van der Waals surface area contributed by atoms with Crippen LogP contribution in [0.15, 0.2) is 67.0 Å². The standard InChI is InChI=1S/C46H60N8O4/c1-30(2)40(51-46(57)58-3)44(55)53-26-10-14-38(53)42-47-28-36(49-42)33-20-16-31(17-21-33)32-18-22-34(23-19-32)37-29-48-43(50-37)39-15-11-27-54(39)45(56)41(35-12-6-4-7-13-35)52-24-8-5-9-25-52/h4,6-7,12-13,16-17,20-21,28-30,32,34,38-41H,5,8-11,14-15,18-19,22-27H2,1-3H3,(H,47,49)(H,48,50)(H,51,57)/t32?,34?,38-,39-,40-,41+/m0/s1. The van der Waals surface area contributed by atoms with Crippen LogP contribution in [-0.4, -0.2) is 91.9 Å². The van der Waals surface area contributed by atoms with Crippen LogP contribution in [0.3, 0.4) is 0 Å². The van der Waals surface area contributed by atoms with Gasteiger partial charge in [0.05, 0.1) is 31.1 Å². The summed E-state index contributed by atoms with van der Waals surface area (Å²) < 4.78 is 4.78. The first-order valence-electron chi connectivity index (χ1n) is 21.7. The van der Waals surface area contributed by atoms with Gasteiger partial charge in [0.2, 0.25) is 11.8 Å². The van der Waals surface area contributed by atoms with Crippen molar-refractivity contribution in [1.29, 1.82) is 0 Å². The number of rotatable bonds is 11. The number of likely N-dealkylation sites (tertiary alicyclic amines) is 3. The summed E-state index contributed by atoms with van der Waals surface area (Å²) in [5, 5.41) is 2.72. The fourth-order valence-electron chi connectivity index (χ4n) is 10.0. The maximum absolute atomic E-state index is 14.4. The highest BCUT2D eigenvalue weighted by molar-refractivity contribution is 5.86. The molecule has 58 heavy (non-hydrogen) atoms. The topological polar surface area (TPSA) is 140 Å². The van der Waals surface area contributed by atoms with E-state index in [1.54, 1.807) is 0 Å². The quantitative estimate of drug-likeness (QED) is 0.139. The number of piperidine rings is 1. The zero-order valence-corrected chi connectivity index (χ0v) is 34.4. The van der Waals surface area contributed by atoms with Crippen molar-refractivity contribution in [2.45, 2.75) is 120 Å². The average molecular weight is 789 g/mol. The minimum atomic E-state index is -0.662. The van der Waals surface area contributed by atoms with Gasteiger partial charge >= 0.3 is 6.09 Å². The molecule has 0 unspecified atom stereocenters. The lowest BCUT2D eigenvalue weighted by Gasteiger charge is -2.37. The second-order valence-electron chi connectivity index (χ2n) is 17.2. The number of H-pyrrole nitrogens is 2. The van der Waals surface area contributed by atoms with Gasteiger partial charge in [0, 0.05) is 30.9 Å². The molecule has 4 fully saturated rings. The van der Waals surface area contributed by atoms with Crippen molar-refractivity contribution in [3.05, 3.63) is 95.5 Å². The number of methoxy groups -OCH3 is 1. The third-order valence-electron chi connectivity index (χ3n) is 13.3. The first-order chi connectivity index (χ1) is 28.3. The predicted molar refractivity (Wildman–Crippen MR) is 223 cm³/mol. The van der Waals surface area contributed by atoms with E-state index in [1.807, 2.05) is 37.2 Å². The molecule has 2 aromatic carbocycles. The molecule has 0 spiro atoms. The normalized spacial score (nSPS) is 23.9. The molecule has 12 heteroatoms. The summed E-state index contributed by atoms with van der Waals surface area (Å²) in [6.07, 6.45) is 14.9. The van der Waals surface area contributed by atoms with Gasteiger partial charge in [-0.1, -0.05) is 74.9 Å². The van der Waals surface area contributed by atoms with Gasteiger partial charge in [0.15, 0.2) is 0 Å². The Morgan fingerprint density at radius 2 is 1.33 bits per heavy atom. The Kier molecular flexibility index (Phi) is 12.3. The van der Waals surface area contributed by atoms with Crippen LogP contribution in [0, 0.1) is 5.92 Å². The molecule has 4 aliphatic rings. The van der Waals surface area contributed by atoms with Gasteiger partial charge in [-0.05, 0) is 106 Å². The van der Waals surface area contributed by atoms with Crippen LogP contribution in [0.5, 0.6) is 0 Å². The highest BCUT2D eigenvalue weighted by Crippen LogP contribution is 2.42. The van der Waals surface area contributed by atoms with Crippen molar-refractivity contribution in [3.8, 4) is 11.3 Å². The maximum atomic E-state index is 14.4. The fourth-order valence-corrected chi connectivity index (χ4v) is 10.0. The van der Waals surface area contributed by atoms with E-state index >= 15 is 0 Å². The van der Waals surface area contributed by atoms with Crippen molar-refractivity contribution in [3.63, 3.8) is 0 Å². The molecule has 2 aromatic heterocycles. The van der Waals surface area contributed by atoms with Gasteiger partial charge < -0.3 is 29.8 Å². The van der Waals surface area contributed by atoms with Crippen LogP contribution in [0.1, 0.15) is 143 Å². The summed E-state index contributed by atoms with van der Waals surface area (Å²) in [5.74, 6) is 2.67. The van der Waals surface area contributed by atoms with Crippen molar-refractivity contribution >= 4 is 17.9 Å². The Balaban J connectivity index is 0.874. The molecule has 308 valence electrons. The number of nitrogens with zero attached hydrogens (tertiary/aromatic N) is 5. The Labute approximate surface area is 342 Å². The van der Waals surface area contributed by atoms with Crippen LogP contribution < -0.4 is 5.32 Å². The first kappa shape index (κ1) is 39.8. The predicted octanol–water partition coefficient (Wildman–Crippen LogP) is 8.18. The van der Waals surface area contributed by atoms with E-state index in [1.165, 1.54) is 24.8 Å². The molecule has 3 amide bonds. The maximum Gasteiger partial charge on any atom is 0.407 e. The highest BCUT2D eigenvalue weighted by atomic mass is 16.5. The van der Waals surface area contributed by atoms with Crippen LogP contribution >= 0.6 is 0 Å². The van der Waals surface area contributed by atoms with E-state index in [4.69, 9.17) is 14.7 Å². The number of benzene rings is 2. The minimum absolute atomic E-state index is 0.00906. The summed E-state index contributed by atoms with van der Waals surface area (Å²) in [4.78, 5) is 63.2. The lowest BCUT2D eigenvalue weighted by Crippen LogP contribution is -2.51. The smallest absolute Gasteiger partial charge is 0.407 e. The molecule has 5 heterocycles. The lowest BCUT2D eigenvalue weighted by atomic mass is 9.77. The average Bonchev–Trinajstić information content (AvgIpc) is 4.11. The van der Waals surface area contributed by atoms with Gasteiger partial charge in [0.25, 0.3) is 0 Å². The first-order valence-corrected chi connectivity index (χ1v) is 21.7. The Morgan fingerprint density at radius 1 is 0.707 bits per heavy atom. The summed E-state index contributed by atoms with van der Waals surface area (Å²) in [5.41, 5.74) is 5.65. The molecule has 3 saturated heterocycles. The third kappa shape index (κ3) is 8.44. The second kappa shape index (κ2) is 17.9. The van der Waals surface area contributed by atoms with Gasteiger partial charge in [-0.3, -0.25) is 14.5 Å². The molecule has 4 aromatic rings. The Hall–Kier alpha value is -4.97. The van der Waals surface area contributed by atoms with Gasteiger partial charge in [0.1, 0.15) is 23.7 Å². The lowest BCUT2D eigenvalue weighted by molar-refractivity contribution is -0.139. The number of nitrogens with one attached hydrogen (secondary N) is 3. The Morgan fingerprint density at radius 3 is 1.98 bits per heavy atom. The molecule has 1 aliphatic carbocycles. The van der Waals surface area contributed by atoms with Crippen molar-refractivity contribution in [2.24, 2.45) is 5.92 Å². The summed E-state index contributed by atoms with van der Waals surface area (Å²) in [7, 11) is 1.31. The molecule has 3 aliphatic heterocycles. The van der Waals surface area contributed by atoms with E-state index in [0.29, 0.717) is 18.4 Å². The number of carbonyl (C=O) groups excluding carboxylic acids is 3. The van der Waals surface area contributed by atoms with E-state index in [-0.39, 0.29) is 35.9 Å². The van der Waals surface area contributed by atoms with Gasteiger partial charge in [-0.25, -0.2) is 14.8 Å². The third-order valence-corrected chi connectivity index (χ3v) is 13.3. The number of hydrogen-bond acceptors (Lipinski definition) is 7. The second-order valence-corrected chi connectivity index (χ2v) is 17.2. The van der Waals surface area contributed by atoms with Crippen LogP contribution in [0.25, 0.3) is 11.3 Å². The molecular weight excluding hydrogens is 729 g/mol. The molecule has 8 rings (SSSR count). The summed E-state index contributed by atoms with van der Waals surface area (Å²) >= 11 is 0. The van der Waals surface area contributed by atoms with E-state index in [2.05, 4.69) is 73.6 Å². The van der Waals surface area contributed by atoms with Crippen LogP contribution in [0.2, 0.25) is 0 Å². The van der Waals surface area contributed by atoms with E-state index in [9.17, 15) is 14.4 Å². The molecular formula is C46H60N8O4. The number of imidazole rings is 2. The van der Waals surface area contributed by atoms with Crippen molar-refractivity contribution < 1.29 is 19.1 Å². The zero-order chi connectivity index (χ0) is 40.2. The zero-order valence-electron chi connectivity index (χ0n) is 34.4. The SMILES string of the molecule is COC(=O)N[C@H](C(=O)N1CCC[C@H]1c1ncc(-c2ccc(C3CCC(c4cnc([C@@H]5CCCN5C(=O)[C@@H](c5ccccc5)N5CCCCC5)[nH]4)CC3)cc2)[nH]1)C(C)C. The number of amides is 3. The molecule has 12 nitrogen and oxygen atoms in total. The summed E-state index contributed by atoms with van der Waals surface area (Å²) in [6.45, 7) is 7.18. The number of carbonyl (C=O) groups is 3. The minimum Gasteiger partial charge on any atom is -0.453 e.